The van der Waals surface area contributed by atoms with E-state index < -0.39 is 5.91 Å². The highest BCUT2D eigenvalue weighted by Crippen LogP contribution is 2.21. The van der Waals surface area contributed by atoms with Crippen molar-refractivity contribution in [2.24, 2.45) is 0 Å². The zero-order valence-corrected chi connectivity index (χ0v) is 11.1. The molecule has 92 valence electrons. The molecule has 7 heteroatoms. The third-order valence-electron chi connectivity index (χ3n) is 2.05. The molecule has 1 aromatic carbocycles. The van der Waals surface area contributed by atoms with E-state index in [0.717, 1.165) is 0 Å². The summed E-state index contributed by atoms with van der Waals surface area (Å²) in [5.74, 6) is -0.139. The van der Waals surface area contributed by atoms with Gasteiger partial charge in [-0.25, -0.2) is 0 Å². The van der Waals surface area contributed by atoms with Crippen LogP contribution in [-0.4, -0.2) is 16.1 Å². The highest BCUT2D eigenvalue weighted by Gasteiger charge is 2.12. The van der Waals surface area contributed by atoms with Gasteiger partial charge in [0.2, 0.25) is 0 Å². The Morgan fingerprint density at radius 1 is 1.06 bits per heavy atom. The number of halogens is 3. The first-order chi connectivity index (χ1) is 8.56. The quantitative estimate of drug-likeness (QED) is 0.920. The number of anilines is 1. The zero-order valence-electron chi connectivity index (χ0n) is 8.82. The summed E-state index contributed by atoms with van der Waals surface area (Å²) in [7, 11) is 0. The molecule has 0 aliphatic heterocycles. The number of amides is 1. The molecule has 0 aliphatic rings. The van der Waals surface area contributed by atoms with Gasteiger partial charge in [-0.1, -0.05) is 34.8 Å². The van der Waals surface area contributed by atoms with Gasteiger partial charge in [-0.3, -0.25) is 4.79 Å². The van der Waals surface area contributed by atoms with Gasteiger partial charge < -0.3 is 5.32 Å². The second kappa shape index (κ2) is 5.52. The van der Waals surface area contributed by atoms with Gasteiger partial charge in [0.25, 0.3) is 5.91 Å². The largest absolute Gasteiger partial charge is 0.305 e. The van der Waals surface area contributed by atoms with Crippen molar-refractivity contribution < 1.29 is 4.79 Å². The second-order valence-corrected chi connectivity index (χ2v) is 4.55. The third kappa shape index (κ3) is 3.10. The van der Waals surface area contributed by atoms with E-state index in [1.54, 1.807) is 12.1 Å². The van der Waals surface area contributed by atoms with Gasteiger partial charge in [-0.15, -0.1) is 10.2 Å². The molecule has 0 saturated carbocycles. The fourth-order valence-corrected chi connectivity index (χ4v) is 1.71. The van der Waals surface area contributed by atoms with Crippen LogP contribution in [0.4, 0.5) is 5.82 Å². The monoisotopic (exact) mass is 301 g/mol. The van der Waals surface area contributed by atoms with Crippen molar-refractivity contribution in [3.8, 4) is 0 Å². The SMILES string of the molecule is O=C(Nc1ccc(Cl)nn1)c1cc(Cl)ccc1Cl. The van der Waals surface area contributed by atoms with Crippen LogP contribution in [0.15, 0.2) is 30.3 Å². The number of benzene rings is 1. The standard InChI is InChI=1S/C11H6Cl3N3O/c12-6-1-2-8(13)7(5-6)11(18)15-10-4-3-9(14)16-17-10/h1-5H,(H,15,17,18). The summed E-state index contributed by atoms with van der Waals surface area (Å²) in [5.41, 5.74) is 0.265. The second-order valence-electron chi connectivity index (χ2n) is 3.32. The molecule has 0 spiro atoms. The number of nitrogens with one attached hydrogen (secondary N) is 1. The van der Waals surface area contributed by atoms with Gasteiger partial charge in [-0.2, -0.15) is 0 Å². The molecular weight excluding hydrogens is 296 g/mol. The summed E-state index contributed by atoms with van der Waals surface area (Å²) in [6.07, 6.45) is 0. The Balaban J connectivity index is 2.21. The molecule has 0 aliphatic carbocycles. The predicted octanol–water partition coefficient (Wildman–Crippen LogP) is 3.69. The molecule has 0 bridgehead atoms. The van der Waals surface area contributed by atoms with Gasteiger partial charge >= 0.3 is 0 Å². The maximum Gasteiger partial charge on any atom is 0.258 e. The molecule has 4 nitrogen and oxygen atoms in total. The van der Waals surface area contributed by atoms with Crippen LogP contribution in [0.1, 0.15) is 10.4 Å². The lowest BCUT2D eigenvalue weighted by molar-refractivity contribution is 0.102. The van der Waals surface area contributed by atoms with E-state index in [1.807, 2.05) is 0 Å². The average molecular weight is 303 g/mol. The highest BCUT2D eigenvalue weighted by molar-refractivity contribution is 6.36. The first-order valence-corrected chi connectivity index (χ1v) is 5.95. The van der Waals surface area contributed by atoms with Crippen molar-refractivity contribution in [2.45, 2.75) is 0 Å². The lowest BCUT2D eigenvalue weighted by Gasteiger charge is -2.05. The Bertz CT molecular complexity index is 587. The van der Waals surface area contributed by atoms with Crippen LogP contribution >= 0.6 is 34.8 Å². The minimum absolute atomic E-state index is 0.244. The lowest BCUT2D eigenvalue weighted by Crippen LogP contribution is -2.13. The lowest BCUT2D eigenvalue weighted by atomic mass is 10.2. The summed E-state index contributed by atoms with van der Waals surface area (Å²) in [6.45, 7) is 0. The Labute approximate surface area is 118 Å². The summed E-state index contributed by atoms with van der Waals surface area (Å²) < 4.78 is 0. The molecule has 0 fully saturated rings. The molecule has 1 aromatic heterocycles. The topological polar surface area (TPSA) is 54.9 Å². The van der Waals surface area contributed by atoms with E-state index in [2.05, 4.69) is 15.5 Å². The first-order valence-electron chi connectivity index (χ1n) is 4.82. The van der Waals surface area contributed by atoms with Crippen LogP contribution in [0.25, 0.3) is 0 Å². The van der Waals surface area contributed by atoms with Crippen LogP contribution in [-0.2, 0) is 0 Å². The Morgan fingerprint density at radius 2 is 1.83 bits per heavy atom. The molecule has 1 amide bonds. The van der Waals surface area contributed by atoms with E-state index in [9.17, 15) is 4.79 Å². The van der Waals surface area contributed by atoms with E-state index >= 15 is 0 Å². The number of aromatic nitrogens is 2. The predicted molar refractivity (Wildman–Crippen MR) is 71.5 cm³/mol. The Hall–Kier alpha value is -1.36. The molecule has 2 aromatic rings. The summed E-state index contributed by atoms with van der Waals surface area (Å²) >= 11 is 17.3. The average Bonchev–Trinajstić information content (AvgIpc) is 2.35. The van der Waals surface area contributed by atoms with Crippen LogP contribution in [0.3, 0.4) is 0 Å². The molecule has 0 radical (unpaired) electrons. The van der Waals surface area contributed by atoms with Gasteiger partial charge in [0.05, 0.1) is 10.6 Å². The van der Waals surface area contributed by atoms with Crippen LogP contribution in [0.2, 0.25) is 15.2 Å². The van der Waals surface area contributed by atoms with Gasteiger partial charge in [0, 0.05) is 5.02 Å². The molecule has 0 unspecified atom stereocenters. The Morgan fingerprint density at radius 3 is 2.50 bits per heavy atom. The number of hydrogen-bond donors (Lipinski definition) is 1. The van der Waals surface area contributed by atoms with Crippen molar-refractivity contribution in [1.29, 1.82) is 0 Å². The van der Waals surface area contributed by atoms with Crippen LogP contribution in [0, 0.1) is 0 Å². The normalized spacial score (nSPS) is 10.2. The summed E-state index contributed by atoms with van der Waals surface area (Å²) in [4.78, 5) is 11.9. The minimum Gasteiger partial charge on any atom is -0.305 e. The fraction of sp³-hybridized carbons (Fsp3) is 0. The van der Waals surface area contributed by atoms with E-state index in [-0.39, 0.29) is 16.5 Å². The third-order valence-corrected chi connectivity index (χ3v) is 2.81. The fourth-order valence-electron chi connectivity index (χ4n) is 1.24. The number of nitrogens with zero attached hydrogens (tertiary/aromatic N) is 2. The molecule has 0 atom stereocenters. The van der Waals surface area contributed by atoms with Crippen LogP contribution in [0.5, 0.6) is 0 Å². The van der Waals surface area contributed by atoms with Gasteiger partial charge in [-0.05, 0) is 30.3 Å². The molecule has 2 rings (SSSR count). The molecule has 18 heavy (non-hydrogen) atoms. The Kier molecular flexibility index (Phi) is 4.01. The van der Waals surface area contributed by atoms with Crippen molar-refractivity contribution in [3.05, 3.63) is 51.1 Å². The maximum absolute atomic E-state index is 11.9. The molecule has 1 heterocycles. The van der Waals surface area contributed by atoms with Crippen molar-refractivity contribution in [3.63, 3.8) is 0 Å². The van der Waals surface area contributed by atoms with E-state index in [4.69, 9.17) is 34.8 Å². The number of rotatable bonds is 2. The van der Waals surface area contributed by atoms with Crippen molar-refractivity contribution >= 4 is 46.5 Å². The van der Waals surface area contributed by atoms with Crippen molar-refractivity contribution in [1.82, 2.24) is 10.2 Å². The van der Waals surface area contributed by atoms with Crippen LogP contribution < -0.4 is 5.32 Å². The smallest absolute Gasteiger partial charge is 0.258 e. The molecular formula is C11H6Cl3N3O. The van der Waals surface area contributed by atoms with Crippen molar-refractivity contribution in [2.75, 3.05) is 5.32 Å². The maximum atomic E-state index is 11.9. The molecule has 0 saturated heterocycles. The number of hydrogen-bond acceptors (Lipinski definition) is 3. The minimum atomic E-state index is -0.417. The number of carbonyl (C=O) groups is 1. The summed E-state index contributed by atoms with van der Waals surface area (Å²) in [6, 6.07) is 7.67. The van der Waals surface area contributed by atoms with Gasteiger partial charge in [0.1, 0.15) is 0 Å². The van der Waals surface area contributed by atoms with Gasteiger partial charge in [0.15, 0.2) is 11.0 Å². The highest BCUT2D eigenvalue weighted by atomic mass is 35.5. The zero-order chi connectivity index (χ0) is 13.1. The number of carbonyl (C=O) groups excluding carboxylic acids is 1. The molecule has 1 N–H and O–H groups in total. The summed E-state index contributed by atoms with van der Waals surface area (Å²) in [5, 5.41) is 10.8. The van der Waals surface area contributed by atoms with E-state index in [1.165, 1.54) is 18.2 Å². The first kappa shape index (κ1) is 13.1. The van der Waals surface area contributed by atoms with E-state index in [0.29, 0.717) is 10.0 Å².